The molecular formula is C19H37NO. The van der Waals surface area contributed by atoms with E-state index in [1.165, 1.54) is 44.9 Å². The van der Waals surface area contributed by atoms with Gasteiger partial charge in [-0.1, -0.05) is 33.6 Å². The van der Waals surface area contributed by atoms with Crippen molar-refractivity contribution in [1.29, 1.82) is 0 Å². The third kappa shape index (κ3) is 4.45. The third-order valence-corrected chi connectivity index (χ3v) is 5.96. The SMILES string of the molecule is CC(C)C(C)(CNC(C)(C)C)CC1CCC2(CCCC2)O1. The molecule has 0 bridgehead atoms. The summed E-state index contributed by atoms with van der Waals surface area (Å²) in [5.41, 5.74) is 0.793. The van der Waals surface area contributed by atoms with Gasteiger partial charge in [-0.25, -0.2) is 0 Å². The van der Waals surface area contributed by atoms with Crippen molar-refractivity contribution in [3.63, 3.8) is 0 Å². The molecule has 1 N–H and O–H groups in total. The molecule has 2 nitrogen and oxygen atoms in total. The van der Waals surface area contributed by atoms with Crippen LogP contribution in [-0.4, -0.2) is 23.8 Å². The first-order valence-corrected chi connectivity index (χ1v) is 9.07. The Balaban J connectivity index is 1.93. The van der Waals surface area contributed by atoms with Gasteiger partial charge in [0.05, 0.1) is 11.7 Å². The normalized spacial score (nSPS) is 28.4. The Morgan fingerprint density at radius 1 is 1.10 bits per heavy atom. The zero-order valence-corrected chi connectivity index (χ0v) is 15.2. The molecule has 1 heterocycles. The number of ether oxygens (including phenoxy) is 1. The summed E-state index contributed by atoms with van der Waals surface area (Å²) in [7, 11) is 0. The minimum Gasteiger partial charge on any atom is -0.372 e. The molecule has 2 unspecified atom stereocenters. The van der Waals surface area contributed by atoms with E-state index in [9.17, 15) is 0 Å². The molecule has 2 aliphatic rings. The molecular weight excluding hydrogens is 258 g/mol. The van der Waals surface area contributed by atoms with Crippen molar-refractivity contribution in [2.45, 2.75) is 104 Å². The van der Waals surface area contributed by atoms with Crippen molar-refractivity contribution in [1.82, 2.24) is 5.32 Å². The van der Waals surface area contributed by atoms with Gasteiger partial charge >= 0.3 is 0 Å². The summed E-state index contributed by atoms with van der Waals surface area (Å²) in [6, 6.07) is 0. The molecule has 1 aliphatic carbocycles. The third-order valence-electron chi connectivity index (χ3n) is 5.96. The molecule has 0 radical (unpaired) electrons. The average Bonchev–Trinajstić information content (AvgIpc) is 2.97. The van der Waals surface area contributed by atoms with E-state index in [1.54, 1.807) is 0 Å². The van der Waals surface area contributed by atoms with Crippen LogP contribution < -0.4 is 5.32 Å². The minimum absolute atomic E-state index is 0.194. The minimum atomic E-state index is 0.194. The highest BCUT2D eigenvalue weighted by Gasteiger charge is 2.44. The van der Waals surface area contributed by atoms with Crippen molar-refractivity contribution in [3.05, 3.63) is 0 Å². The van der Waals surface area contributed by atoms with Crippen LogP contribution in [0.1, 0.15) is 86.5 Å². The standard InChI is InChI=1S/C19H37NO/c1-15(2)18(6,14-20-17(3,4)5)13-16-9-12-19(21-16)10-7-8-11-19/h15-16,20H,7-14H2,1-6H3. The second-order valence-electron chi connectivity index (χ2n) is 9.29. The van der Waals surface area contributed by atoms with Crippen molar-refractivity contribution >= 4 is 0 Å². The van der Waals surface area contributed by atoms with Crippen LogP contribution in [0.2, 0.25) is 0 Å². The first-order chi connectivity index (χ1) is 9.64. The first kappa shape index (κ1) is 17.3. The molecule has 1 aliphatic heterocycles. The molecule has 0 amide bonds. The zero-order chi connectivity index (χ0) is 15.7. The smallest absolute Gasteiger partial charge is 0.0687 e. The Labute approximate surface area is 132 Å². The van der Waals surface area contributed by atoms with Gasteiger partial charge in [-0.3, -0.25) is 0 Å². The maximum Gasteiger partial charge on any atom is 0.0687 e. The summed E-state index contributed by atoms with van der Waals surface area (Å²) in [6.45, 7) is 15.0. The number of hydrogen-bond acceptors (Lipinski definition) is 2. The van der Waals surface area contributed by atoms with Gasteiger partial charge in [-0.15, -0.1) is 0 Å². The van der Waals surface area contributed by atoms with Crippen LogP contribution in [0.15, 0.2) is 0 Å². The van der Waals surface area contributed by atoms with Gasteiger partial charge < -0.3 is 10.1 Å². The summed E-state index contributed by atoms with van der Waals surface area (Å²) in [4.78, 5) is 0. The van der Waals surface area contributed by atoms with E-state index in [1.807, 2.05) is 0 Å². The largest absolute Gasteiger partial charge is 0.372 e. The Kier molecular flexibility index (Phi) is 5.10. The zero-order valence-electron chi connectivity index (χ0n) is 15.2. The van der Waals surface area contributed by atoms with E-state index in [4.69, 9.17) is 4.74 Å². The lowest BCUT2D eigenvalue weighted by atomic mass is 9.74. The molecule has 2 rings (SSSR count). The van der Waals surface area contributed by atoms with Gasteiger partial charge in [0, 0.05) is 12.1 Å². The lowest BCUT2D eigenvalue weighted by molar-refractivity contribution is -0.0571. The predicted octanol–water partition coefficient (Wildman–Crippen LogP) is 4.92. The van der Waals surface area contributed by atoms with E-state index < -0.39 is 0 Å². The fraction of sp³-hybridized carbons (Fsp3) is 1.00. The number of nitrogens with one attached hydrogen (secondary N) is 1. The summed E-state index contributed by atoms with van der Waals surface area (Å²) in [6.07, 6.45) is 9.63. The van der Waals surface area contributed by atoms with E-state index in [0.29, 0.717) is 17.4 Å². The molecule has 1 saturated heterocycles. The molecule has 2 atom stereocenters. The Morgan fingerprint density at radius 2 is 1.71 bits per heavy atom. The molecule has 2 fully saturated rings. The molecule has 1 spiro atoms. The second kappa shape index (κ2) is 6.20. The molecule has 2 heteroatoms. The second-order valence-corrected chi connectivity index (χ2v) is 9.29. The highest BCUT2D eigenvalue weighted by atomic mass is 16.5. The van der Waals surface area contributed by atoms with Crippen LogP contribution in [0, 0.1) is 11.3 Å². The van der Waals surface area contributed by atoms with Crippen LogP contribution in [0.3, 0.4) is 0 Å². The highest BCUT2D eigenvalue weighted by molar-refractivity contribution is 4.95. The Hall–Kier alpha value is -0.0800. The van der Waals surface area contributed by atoms with Gasteiger partial charge in [0.1, 0.15) is 0 Å². The van der Waals surface area contributed by atoms with Crippen LogP contribution >= 0.6 is 0 Å². The van der Waals surface area contributed by atoms with Crippen molar-refractivity contribution in [2.75, 3.05) is 6.54 Å². The Bertz CT molecular complexity index is 338. The summed E-state index contributed by atoms with van der Waals surface area (Å²) in [5, 5.41) is 3.72. The van der Waals surface area contributed by atoms with Crippen molar-refractivity contribution < 1.29 is 4.74 Å². The Morgan fingerprint density at radius 3 is 2.24 bits per heavy atom. The molecule has 0 aromatic carbocycles. The van der Waals surface area contributed by atoms with E-state index >= 15 is 0 Å². The number of hydrogen-bond donors (Lipinski definition) is 1. The maximum atomic E-state index is 6.56. The van der Waals surface area contributed by atoms with Crippen LogP contribution in [0.5, 0.6) is 0 Å². The topological polar surface area (TPSA) is 21.3 Å². The van der Waals surface area contributed by atoms with Crippen molar-refractivity contribution in [2.24, 2.45) is 11.3 Å². The van der Waals surface area contributed by atoms with Crippen LogP contribution in [-0.2, 0) is 4.74 Å². The van der Waals surface area contributed by atoms with Gasteiger partial charge in [-0.2, -0.15) is 0 Å². The van der Waals surface area contributed by atoms with E-state index in [2.05, 4.69) is 46.9 Å². The first-order valence-electron chi connectivity index (χ1n) is 9.07. The predicted molar refractivity (Wildman–Crippen MR) is 90.6 cm³/mol. The summed E-state index contributed by atoms with van der Waals surface area (Å²) in [5.74, 6) is 0.677. The molecule has 124 valence electrons. The lowest BCUT2D eigenvalue weighted by Gasteiger charge is -2.39. The molecule has 21 heavy (non-hydrogen) atoms. The summed E-state index contributed by atoms with van der Waals surface area (Å²) >= 11 is 0. The summed E-state index contributed by atoms with van der Waals surface area (Å²) < 4.78 is 6.56. The monoisotopic (exact) mass is 295 g/mol. The quantitative estimate of drug-likeness (QED) is 0.777. The fourth-order valence-electron chi connectivity index (χ4n) is 3.93. The molecule has 0 aromatic rings. The lowest BCUT2D eigenvalue weighted by Crippen LogP contribution is -2.46. The fourth-order valence-corrected chi connectivity index (χ4v) is 3.93. The van der Waals surface area contributed by atoms with Crippen LogP contribution in [0.4, 0.5) is 0 Å². The maximum absolute atomic E-state index is 6.56. The number of rotatable bonds is 5. The molecule has 0 aromatic heterocycles. The van der Waals surface area contributed by atoms with Crippen molar-refractivity contribution in [3.8, 4) is 0 Å². The van der Waals surface area contributed by atoms with Crippen LogP contribution in [0.25, 0.3) is 0 Å². The van der Waals surface area contributed by atoms with Gasteiger partial charge in [-0.05, 0) is 64.2 Å². The van der Waals surface area contributed by atoms with Gasteiger partial charge in [0.2, 0.25) is 0 Å². The average molecular weight is 296 g/mol. The van der Waals surface area contributed by atoms with Gasteiger partial charge in [0.15, 0.2) is 0 Å². The highest BCUT2D eigenvalue weighted by Crippen LogP contribution is 2.46. The van der Waals surface area contributed by atoms with E-state index in [0.717, 1.165) is 6.54 Å². The molecule has 1 saturated carbocycles. The van der Waals surface area contributed by atoms with Gasteiger partial charge in [0.25, 0.3) is 0 Å². The van der Waals surface area contributed by atoms with E-state index in [-0.39, 0.29) is 11.1 Å².